The normalized spacial score (nSPS) is 12.6. The number of halogens is 2. The zero-order valence-electron chi connectivity index (χ0n) is 34.8. The van der Waals surface area contributed by atoms with E-state index in [1.807, 2.05) is 60.7 Å². The number of carbonyl (C=O) groups is 2. The van der Waals surface area contributed by atoms with Crippen molar-refractivity contribution in [2.75, 3.05) is 24.9 Å². The van der Waals surface area contributed by atoms with Gasteiger partial charge in [-0.1, -0.05) is 60.7 Å². The summed E-state index contributed by atoms with van der Waals surface area (Å²) in [6.45, 7) is 0.606. The lowest BCUT2D eigenvalue weighted by atomic mass is 10.0. The second-order valence-corrected chi connectivity index (χ2v) is 14.9. The van der Waals surface area contributed by atoms with Crippen LogP contribution in [0.4, 0.5) is 20.2 Å². The second kappa shape index (κ2) is 18.1. The molecule has 2 aromatic heterocycles. The molecule has 0 bridgehead atoms. The van der Waals surface area contributed by atoms with Gasteiger partial charge in [0.1, 0.15) is 31.3 Å². The quantitative estimate of drug-likeness (QED) is 0.0884. The molecular weight excluding hydrogens is 839 g/mol. The largest absolute Gasteiger partial charge is 0.493 e. The average Bonchev–Trinajstić information content (AvgIpc) is 4.15. The monoisotopic (exact) mass is 876 g/mol. The van der Waals surface area contributed by atoms with Gasteiger partial charge in [0, 0.05) is 35.6 Å². The van der Waals surface area contributed by atoms with E-state index < -0.39 is 28.9 Å². The number of benzene rings is 6. The predicted molar refractivity (Wildman–Crippen MR) is 236 cm³/mol. The zero-order valence-corrected chi connectivity index (χ0v) is 34.8. The molecule has 14 nitrogen and oxygen atoms in total. The molecule has 1 aliphatic rings. The number of anilines is 2. The third-order valence-corrected chi connectivity index (χ3v) is 10.7. The highest BCUT2D eigenvalue weighted by Gasteiger charge is 2.56. The van der Waals surface area contributed by atoms with Crippen LogP contribution in [0.15, 0.2) is 134 Å². The molecule has 0 unspecified atom stereocenters. The van der Waals surface area contributed by atoms with E-state index in [4.69, 9.17) is 28.4 Å². The Labute approximate surface area is 370 Å². The van der Waals surface area contributed by atoms with Crippen LogP contribution in [0, 0.1) is 17.0 Å². The van der Waals surface area contributed by atoms with Crippen molar-refractivity contribution in [1.82, 2.24) is 19.9 Å². The van der Waals surface area contributed by atoms with E-state index in [9.17, 15) is 9.59 Å². The Balaban J connectivity index is 0.835. The van der Waals surface area contributed by atoms with Crippen molar-refractivity contribution in [3.05, 3.63) is 157 Å². The van der Waals surface area contributed by atoms with Crippen LogP contribution in [0.5, 0.6) is 46.3 Å². The molecule has 0 radical (unpaired) electrons. The molecule has 2 heterocycles. The van der Waals surface area contributed by atoms with Gasteiger partial charge in [0.2, 0.25) is 23.6 Å². The number of fused-ring (bicyclic) bond motifs is 2. The third kappa shape index (κ3) is 9.08. The lowest BCUT2D eigenvalue weighted by molar-refractivity contribution is -0.131. The number of nitrogens with zero attached hydrogens (tertiary/aromatic N) is 4. The first kappa shape index (κ1) is 41.9. The smallest absolute Gasteiger partial charge is 0.240 e. The second-order valence-electron chi connectivity index (χ2n) is 14.9. The number of hydrogen-bond acceptors (Lipinski definition) is 12. The van der Waals surface area contributed by atoms with Crippen molar-refractivity contribution in [3.8, 4) is 46.3 Å². The lowest BCUT2D eigenvalue weighted by Gasteiger charge is -2.17. The third-order valence-electron chi connectivity index (χ3n) is 10.7. The van der Waals surface area contributed by atoms with Crippen LogP contribution in [0.3, 0.4) is 0 Å². The van der Waals surface area contributed by atoms with Gasteiger partial charge >= 0.3 is 0 Å². The van der Waals surface area contributed by atoms with Crippen LogP contribution < -0.4 is 39.1 Å². The lowest BCUT2D eigenvalue weighted by Crippen LogP contribution is -2.35. The average molecular weight is 877 g/mol. The summed E-state index contributed by atoms with van der Waals surface area (Å²) in [7, 11) is 3.00. The maximum atomic E-state index is 15.5. The van der Waals surface area contributed by atoms with Crippen molar-refractivity contribution in [1.29, 1.82) is 0 Å². The summed E-state index contributed by atoms with van der Waals surface area (Å²) in [6.07, 6.45) is 3.02. The molecule has 2 amide bonds. The first-order valence-electron chi connectivity index (χ1n) is 20.3. The standard InChI is InChI=1S/C49H38F2N6O8/c1-60-41-21-33-37(23-43(41)62-25-29-9-5-3-6-10-29)52-27-54-45(33)64-39-15-13-31(19-35(39)50)56-47(58)49(17-18-49)48(59)57-32-14-16-40(36(51)20-32)65-46-34-22-42(61-2)44(24-38(34)53-28-55-46)63-26-30-11-7-4-8-12-30/h3-16,19-24,27-28H,17-18,25-26H2,1-2H3,(H,56,58)(H,57,59). The van der Waals surface area contributed by atoms with Crippen LogP contribution in [0.25, 0.3) is 21.8 Å². The van der Waals surface area contributed by atoms with E-state index >= 15 is 8.78 Å². The van der Waals surface area contributed by atoms with Crippen molar-refractivity contribution < 1.29 is 46.8 Å². The van der Waals surface area contributed by atoms with Crippen LogP contribution in [0.2, 0.25) is 0 Å². The van der Waals surface area contributed by atoms with Crippen molar-refractivity contribution in [2.45, 2.75) is 26.1 Å². The molecule has 8 aromatic rings. The number of rotatable bonds is 16. The molecule has 326 valence electrons. The van der Waals surface area contributed by atoms with E-state index in [1.165, 1.54) is 51.1 Å². The fourth-order valence-corrected chi connectivity index (χ4v) is 6.97. The van der Waals surface area contributed by atoms with Gasteiger partial charge in [-0.15, -0.1) is 0 Å². The molecule has 0 aliphatic heterocycles. The Morgan fingerprint density at radius 2 is 0.969 bits per heavy atom. The molecule has 2 N–H and O–H groups in total. The maximum Gasteiger partial charge on any atom is 0.240 e. The zero-order chi connectivity index (χ0) is 44.9. The minimum absolute atomic E-state index is 0.0609. The summed E-state index contributed by atoms with van der Waals surface area (Å²) in [5.41, 5.74) is 1.60. The predicted octanol–water partition coefficient (Wildman–Crippen LogP) is 9.97. The fourth-order valence-electron chi connectivity index (χ4n) is 6.97. The van der Waals surface area contributed by atoms with E-state index in [0.29, 0.717) is 58.0 Å². The topological polar surface area (TPSA) is 165 Å². The molecule has 0 atom stereocenters. The molecule has 0 saturated heterocycles. The van der Waals surface area contributed by atoms with Gasteiger partial charge in [0.25, 0.3) is 0 Å². The first-order valence-corrected chi connectivity index (χ1v) is 20.3. The number of carbonyl (C=O) groups excluding carboxylic acids is 2. The van der Waals surface area contributed by atoms with Gasteiger partial charge in [0.15, 0.2) is 46.1 Å². The summed E-state index contributed by atoms with van der Waals surface area (Å²) in [4.78, 5) is 44.1. The number of aromatic nitrogens is 4. The molecule has 1 fully saturated rings. The minimum Gasteiger partial charge on any atom is -0.493 e. The maximum absolute atomic E-state index is 15.5. The number of nitrogens with one attached hydrogen (secondary N) is 2. The molecule has 9 rings (SSSR count). The van der Waals surface area contributed by atoms with Gasteiger partial charge in [-0.05, 0) is 60.4 Å². The Hall–Kier alpha value is -8.40. The molecule has 1 saturated carbocycles. The van der Waals surface area contributed by atoms with Crippen LogP contribution >= 0.6 is 0 Å². The van der Waals surface area contributed by atoms with Gasteiger partial charge in [-0.25, -0.2) is 28.7 Å². The number of hydrogen-bond donors (Lipinski definition) is 2. The molecule has 16 heteroatoms. The number of methoxy groups -OCH3 is 2. The minimum atomic E-state index is -1.46. The molecular formula is C49H38F2N6O8. The summed E-state index contributed by atoms with van der Waals surface area (Å²) in [5.74, 6) is -1.43. The van der Waals surface area contributed by atoms with Crippen LogP contribution in [-0.2, 0) is 22.8 Å². The van der Waals surface area contributed by atoms with E-state index in [1.54, 1.807) is 24.3 Å². The number of amides is 2. The van der Waals surface area contributed by atoms with Crippen molar-refractivity contribution >= 4 is 45.0 Å². The van der Waals surface area contributed by atoms with Gasteiger partial charge in [-0.3, -0.25) is 9.59 Å². The highest BCUT2D eigenvalue weighted by atomic mass is 19.1. The molecule has 6 aromatic carbocycles. The summed E-state index contributed by atoms with van der Waals surface area (Å²) >= 11 is 0. The Morgan fingerprint density at radius 3 is 1.35 bits per heavy atom. The Kier molecular flexibility index (Phi) is 11.7. The van der Waals surface area contributed by atoms with Crippen LogP contribution in [-0.4, -0.2) is 46.0 Å². The summed E-state index contributed by atoms with van der Waals surface area (Å²) in [6, 6.07) is 33.6. The van der Waals surface area contributed by atoms with E-state index in [2.05, 4.69) is 30.6 Å². The summed E-state index contributed by atoms with van der Waals surface area (Å²) in [5, 5.41) is 6.15. The Morgan fingerprint density at radius 1 is 0.538 bits per heavy atom. The van der Waals surface area contributed by atoms with Gasteiger partial charge < -0.3 is 39.1 Å². The highest BCUT2D eigenvalue weighted by molar-refractivity contribution is 6.17. The van der Waals surface area contributed by atoms with Gasteiger partial charge in [-0.2, -0.15) is 0 Å². The van der Waals surface area contributed by atoms with Crippen molar-refractivity contribution in [3.63, 3.8) is 0 Å². The van der Waals surface area contributed by atoms with E-state index in [-0.39, 0.29) is 47.5 Å². The van der Waals surface area contributed by atoms with Crippen molar-refractivity contribution in [2.24, 2.45) is 5.41 Å². The number of ether oxygens (including phenoxy) is 6. The van der Waals surface area contributed by atoms with E-state index in [0.717, 1.165) is 23.3 Å². The first-order chi connectivity index (χ1) is 31.7. The molecule has 0 spiro atoms. The van der Waals surface area contributed by atoms with Crippen LogP contribution in [0.1, 0.15) is 24.0 Å². The molecule has 1 aliphatic carbocycles. The Bertz CT molecular complexity index is 2860. The van der Waals surface area contributed by atoms with Gasteiger partial charge in [0.05, 0.1) is 36.0 Å². The highest BCUT2D eigenvalue weighted by Crippen LogP contribution is 2.48. The fraction of sp³-hybridized carbons (Fsp3) is 0.143. The summed E-state index contributed by atoms with van der Waals surface area (Å²) < 4.78 is 65.9. The SMILES string of the molecule is COc1cc2c(Oc3ccc(NC(=O)C4(C(=O)Nc5ccc(Oc6ncnc7cc(OCc8ccccc8)c(OC)cc67)c(F)c5)CC4)cc3F)ncnc2cc1OCc1ccccc1. The molecule has 65 heavy (non-hydrogen) atoms.